The lowest BCUT2D eigenvalue weighted by Crippen LogP contribution is -2.35. The molecule has 0 bridgehead atoms. The van der Waals surface area contributed by atoms with Gasteiger partial charge in [-0.25, -0.2) is 18.4 Å². The first-order chi connectivity index (χ1) is 12.4. The van der Waals surface area contributed by atoms with Gasteiger partial charge >= 0.3 is 0 Å². The molecule has 2 atom stereocenters. The lowest BCUT2D eigenvalue weighted by atomic mass is 9.92. The number of piperidine rings is 1. The summed E-state index contributed by atoms with van der Waals surface area (Å²) in [5, 5.41) is 3.46. The van der Waals surface area contributed by atoms with E-state index < -0.39 is 9.84 Å². The van der Waals surface area contributed by atoms with Gasteiger partial charge < -0.3 is 10.3 Å². The number of fused-ring (bicyclic) bond motifs is 1. The molecule has 1 aromatic carbocycles. The number of aromatic nitrogens is 3. The van der Waals surface area contributed by atoms with Crippen LogP contribution in [0.25, 0.3) is 22.6 Å². The van der Waals surface area contributed by atoms with Crippen LogP contribution in [0, 0.1) is 0 Å². The number of hydrogen-bond donors (Lipinski definition) is 2. The van der Waals surface area contributed by atoms with Crippen LogP contribution in [-0.2, 0) is 9.84 Å². The lowest BCUT2D eigenvalue weighted by molar-refractivity contribution is 0.371. The highest BCUT2D eigenvalue weighted by Crippen LogP contribution is 2.31. The lowest BCUT2D eigenvalue weighted by Gasteiger charge is -2.27. The third kappa shape index (κ3) is 3.37. The van der Waals surface area contributed by atoms with Crippen LogP contribution in [0.3, 0.4) is 0 Å². The Kier molecular flexibility index (Phi) is 4.28. The number of nitrogens with one attached hydrogen (secondary N) is 2. The normalized spacial score (nSPS) is 21.2. The smallest absolute Gasteiger partial charge is 0.175 e. The maximum absolute atomic E-state index is 11.6. The van der Waals surface area contributed by atoms with Crippen molar-refractivity contribution < 1.29 is 8.42 Å². The van der Waals surface area contributed by atoms with Crippen LogP contribution in [-0.4, -0.2) is 42.2 Å². The van der Waals surface area contributed by atoms with Gasteiger partial charge in [-0.3, -0.25) is 0 Å². The Morgan fingerprint density at radius 3 is 2.62 bits per heavy atom. The van der Waals surface area contributed by atoms with Gasteiger partial charge in [0.25, 0.3) is 0 Å². The van der Waals surface area contributed by atoms with E-state index in [-0.39, 0.29) is 0 Å². The summed E-state index contributed by atoms with van der Waals surface area (Å²) >= 11 is 0. The summed E-state index contributed by atoms with van der Waals surface area (Å²) in [5.41, 5.74) is 3.48. The van der Waals surface area contributed by atoms with Crippen molar-refractivity contribution in [2.45, 2.75) is 36.6 Å². The number of hydrogen-bond acceptors (Lipinski definition) is 5. The molecule has 1 aromatic rings. The maximum atomic E-state index is 11.6. The molecule has 0 radical (unpaired) electrons. The Morgan fingerprint density at radius 2 is 1.92 bits per heavy atom. The largest absolute Gasteiger partial charge is 0.342 e. The minimum atomic E-state index is -3.19. The molecule has 7 heteroatoms. The average molecular weight is 370 g/mol. The van der Waals surface area contributed by atoms with Crippen molar-refractivity contribution in [3.8, 4) is 22.6 Å². The zero-order valence-electron chi connectivity index (χ0n) is 14.9. The molecule has 2 N–H and O–H groups in total. The molecule has 136 valence electrons. The van der Waals surface area contributed by atoms with Crippen LogP contribution in [0.5, 0.6) is 0 Å². The van der Waals surface area contributed by atoms with Crippen molar-refractivity contribution in [2.24, 2.45) is 0 Å². The van der Waals surface area contributed by atoms with Crippen molar-refractivity contribution >= 4 is 9.84 Å². The predicted octanol–water partition coefficient (Wildman–Crippen LogP) is 2.84. The van der Waals surface area contributed by atoms with E-state index in [1.54, 1.807) is 24.3 Å². The van der Waals surface area contributed by atoms with Gasteiger partial charge in [0.1, 0.15) is 11.5 Å². The fourth-order valence-electron chi connectivity index (χ4n) is 3.54. The molecule has 0 saturated carbocycles. The molecule has 4 rings (SSSR count). The fraction of sp³-hybridized carbons (Fsp3) is 0.368. The van der Waals surface area contributed by atoms with Crippen LogP contribution < -0.4 is 5.32 Å². The van der Waals surface area contributed by atoms with Crippen LogP contribution in [0.4, 0.5) is 0 Å². The van der Waals surface area contributed by atoms with Crippen molar-refractivity contribution in [2.75, 3.05) is 12.8 Å². The fourth-order valence-corrected chi connectivity index (χ4v) is 4.17. The Bertz CT molecular complexity index is 995. The summed E-state index contributed by atoms with van der Waals surface area (Å²) in [5.74, 6) is 1.44. The topological polar surface area (TPSA) is 87.7 Å². The molecular formula is C19H22N4O2S. The van der Waals surface area contributed by atoms with Crippen LogP contribution >= 0.6 is 0 Å². The van der Waals surface area contributed by atoms with Crippen LogP contribution in [0.1, 0.15) is 31.5 Å². The molecule has 0 spiro atoms. The van der Waals surface area contributed by atoms with E-state index in [0.29, 0.717) is 16.9 Å². The quantitative estimate of drug-likeness (QED) is 0.740. The van der Waals surface area contributed by atoms with E-state index in [4.69, 9.17) is 0 Å². The van der Waals surface area contributed by atoms with Gasteiger partial charge in [-0.1, -0.05) is 12.1 Å². The van der Waals surface area contributed by atoms with Crippen molar-refractivity contribution in [1.82, 2.24) is 20.3 Å². The number of rotatable bonds is 3. The molecule has 3 aliphatic rings. The van der Waals surface area contributed by atoms with Gasteiger partial charge in [0.2, 0.25) is 0 Å². The van der Waals surface area contributed by atoms with E-state index in [2.05, 4.69) is 27.2 Å². The molecule has 0 aromatic heterocycles. The number of benzene rings is 1. The molecule has 0 amide bonds. The first-order valence-electron chi connectivity index (χ1n) is 8.80. The third-order valence-corrected chi connectivity index (χ3v) is 6.10. The first-order valence-corrected chi connectivity index (χ1v) is 10.7. The van der Waals surface area contributed by atoms with Gasteiger partial charge in [0, 0.05) is 23.8 Å². The molecule has 26 heavy (non-hydrogen) atoms. The third-order valence-electron chi connectivity index (χ3n) is 4.98. The standard InChI is InChI=1S/C19H22N4O2S/c1-12-9-14(7-8-20-12)19-21-11-18-17(23-19)10-16(22-18)13-3-5-15(6-4-13)26(2,24)25/h3-6,10-12,14,20H,7-9H2,1-2H3,(H,21,23). The minimum Gasteiger partial charge on any atom is -0.342 e. The van der Waals surface area contributed by atoms with Gasteiger partial charge in [0.15, 0.2) is 9.84 Å². The molecule has 3 aliphatic heterocycles. The molecule has 0 aliphatic carbocycles. The molecule has 1 fully saturated rings. The van der Waals surface area contributed by atoms with Gasteiger partial charge in [-0.05, 0) is 44.5 Å². The summed E-state index contributed by atoms with van der Waals surface area (Å²) in [6.07, 6.45) is 5.18. The van der Waals surface area contributed by atoms with E-state index in [1.165, 1.54) is 6.26 Å². The number of sulfone groups is 1. The first kappa shape index (κ1) is 17.2. The van der Waals surface area contributed by atoms with E-state index in [0.717, 1.165) is 47.9 Å². The SMILES string of the molecule is CC1CC(c2ncc3nc(-c4ccc(S(C)(=O)=O)cc4)cc-3[nH]2)CCN1. The second kappa shape index (κ2) is 6.48. The molecule has 6 nitrogen and oxygen atoms in total. The maximum Gasteiger partial charge on any atom is 0.175 e. The summed E-state index contributed by atoms with van der Waals surface area (Å²) < 4.78 is 23.2. The average Bonchev–Trinajstić information content (AvgIpc) is 3.04. The Labute approximate surface area is 153 Å². The van der Waals surface area contributed by atoms with E-state index in [1.807, 2.05) is 12.3 Å². The Morgan fingerprint density at radius 1 is 1.15 bits per heavy atom. The highest BCUT2D eigenvalue weighted by molar-refractivity contribution is 7.90. The van der Waals surface area contributed by atoms with Gasteiger partial charge in [-0.2, -0.15) is 0 Å². The zero-order chi connectivity index (χ0) is 18.3. The summed E-state index contributed by atoms with van der Waals surface area (Å²) in [6.45, 7) is 3.21. The number of H-pyrrole nitrogens is 1. The molecule has 3 heterocycles. The minimum absolute atomic E-state index is 0.313. The summed E-state index contributed by atoms with van der Waals surface area (Å²) in [6, 6.07) is 9.32. The van der Waals surface area contributed by atoms with Crippen molar-refractivity contribution in [1.29, 1.82) is 0 Å². The van der Waals surface area contributed by atoms with E-state index in [9.17, 15) is 8.42 Å². The Balaban J connectivity index is 1.65. The van der Waals surface area contributed by atoms with Crippen LogP contribution in [0.2, 0.25) is 0 Å². The summed E-state index contributed by atoms with van der Waals surface area (Å²) in [4.78, 5) is 13.0. The monoisotopic (exact) mass is 370 g/mol. The zero-order valence-corrected chi connectivity index (χ0v) is 15.7. The molecule has 1 saturated heterocycles. The molecular weight excluding hydrogens is 348 g/mol. The second-order valence-electron chi connectivity index (χ2n) is 7.08. The predicted molar refractivity (Wildman–Crippen MR) is 101 cm³/mol. The van der Waals surface area contributed by atoms with Crippen LogP contribution in [0.15, 0.2) is 41.4 Å². The van der Waals surface area contributed by atoms with Gasteiger partial charge in [0.05, 0.1) is 22.5 Å². The van der Waals surface area contributed by atoms with Gasteiger partial charge in [-0.15, -0.1) is 0 Å². The number of nitrogens with zero attached hydrogens (tertiary/aromatic N) is 2. The highest BCUT2D eigenvalue weighted by Gasteiger charge is 2.23. The van der Waals surface area contributed by atoms with Crippen molar-refractivity contribution in [3.63, 3.8) is 0 Å². The Hall–Kier alpha value is -2.25. The second-order valence-corrected chi connectivity index (χ2v) is 9.10. The highest BCUT2D eigenvalue weighted by atomic mass is 32.2. The van der Waals surface area contributed by atoms with Crippen molar-refractivity contribution in [3.05, 3.63) is 42.4 Å². The number of aromatic amines is 1. The van der Waals surface area contributed by atoms with E-state index >= 15 is 0 Å². The molecule has 2 unspecified atom stereocenters. The summed E-state index contributed by atoms with van der Waals surface area (Å²) in [7, 11) is -3.19.